The standard InChI is InChI=1S/C15H23NO3/c1-11(2)16(9-10-17)12(3)15(18)13-5-7-14(19-4)8-6-13/h5-8,11-12,17H,9-10H2,1-4H3. The molecule has 1 aromatic rings. The maximum Gasteiger partial charge on any atom is 0.179 e. The zero-order chi connectivity index (χ0) is 14.4. The minimum absolute atomic E-state index is 0.0540. The molecule has 0 radical (unpaired) electrons. The van der Waals surface area contributed by atoms with Crippen molar-refractivity contribution in [1.82, 2.24) is 4.90 Å². The number of methoxy groups -OCH3 is 1. The van der Waals surface area contributed by atoms with E-state index in [0.29, 0.717) is 12.1 Å². The molecular weight excluding hydrogens is 242 g/mol. The van der Waals surface area contributed by atoms with Gasteiger partial charge in [-0.3, -0.25) is 9.69 Å². The number of benzene rings is 1. The van der Waals surface area contributed by atoms with Crippen molar-refractivity contribution in [2.75, 3.05) is 20.3 Å². The normalized spacial score (nSPS) is 12.8. The third kappa shape index (κ3) is 4.04. The number of hydrogen-bond donors (Lipinski definition) is 1. The molecule has 0 amide bonds. The number of rotatable bonds is 7. The highest BCUT2D eigenvalue weighted by molar-refractivity contribution is 5.99. The summed E-state index contributed by atoms with van der Waals surface area (Å²) in [5.74, 6) is 0.796. The lowest BCUT2D eigenvalue weighted by Gasteiger charge is -2.31. The molecule has 19 heavy (non-hydrogen) atoms. The van der Waals surface area contributed by atoms with E-state index in [9.17, 15) is 4.79 Å². The smallest absolute Gasteiger partial charge is 0.179 e. The van der Waals surface area contributed by atoms with Crippen molar-refractivity contribution in [2.24, 2.45) is 0 Å². The van der Waals surface area contributed by atoms with Crippen LogP contribution in [0.3, 0.4) is 0 Å². The molecule has 1 N–H and O–H groups in total. The second kappa shape index (κ2) is 7.26. The van der Waals surface area contributed by atoms with Gasteiger partial charge < -0.3 is 9.84 Å². The van der Waals surface area contributed by atoms with Crippen LogP contribution in [0, 0.1) is 0 Å². The van der Waals surface area contributed by atoms with Crippen molar-refractivity contribution in [3.8, 4) is 5.75 Å². The Bertz CT molecular complexity index is 400. The fraction of sp³-hybridized carbons (Fsp3) is 0.533. The van der Waals surface area contributed by atoms with E-state index in [1.807, 2.05) is 25.7 Å². The Kier molecular flexibility index (Phi) is 5.99. The molecule has 0 aromatic heterocycles. The van der Waals surface area contributed by atoms with Gasteiger partial charge in [0.15, 0.2) is 5.78 Å². The third-order valence-electron chi connectivity index (χ3n) is 3.27. The van der Waals surface area contributed by atoms with Gasteiger partial charge in [-0.05, 0) is 45.0 Å². The first kappa shape index (κ1) is 15.7. The van der Waals surface area contributed by atoms with Gasteiger partial charge in [-0.2, -0.15) is 0 Å². The molecule has 0 aliphatic rings. The highest BCUT2D eigenvalue weighted by atomic mass is 16.5. The molecule has 1 aromatic carbocycles. The van der Waals surface area contributed by atoms with Gasteiger partial charge >= 0.3 is 0 Å². The first-order valence-corrected chi connectivity index (χ1v) is 6.56. The zero-order valence-electron chi connectivity index (χ0n) is 12.1. The molecule has 0 aliphatic carbocycles. The molecule has 1 unspecified atom stereocenters. The highest BCUT2D eigenvalue weighted by Crippen LogP contribution is 2.15. The van der Waals surface area contributed by atoms with Crippen molar-refractivity contribution in [3.63, 3.8) is 0 Å². The Balaban J connectivity index is 2.84. The second-order valence-electron chi connectivity index (χ2n) is 4.82. The van der Waals surface area contributed by atoms with Gasteiger partial charge in [0.1, 0.15) is 5.75 Å². The summed E-state index contributed by atoms with van der Waals surface area (Å²) in [4.78, 5) is 14.4. The van der Waals surface area contributed by atoms with Gasteiger partial charge in [-0.15, -0.1) is 0 Å². The van der Waals surface area contributed by atoms with E-state index in [1.165, 1.54) is 0 Å². The number of Topliss-reactive ketones (excluding diaryl/α,β-unsaturated/α-hetero) is 1. The van der Waals surface area contributed by atoms with Crippen LogP contribution in [0.5, 0.6) is 5.75 Å². The number of nitrogens with zero attached hydrogens (tertiary/aromatic N) is 1. The van der Waals surface area contributed by atoms with Crippen molar-refractivity contribution in [1.29, 1.82) is 0 Å². The van der Waals surface area contributed by atoms with Gasteiger partial charge in [0.2, 0.25) is 0 Å². The van der Waals surface area contributed by atoms with E-state index in [2.05, 4.69) is 0 Å². The van der Waals surface area contributed by atoms with Crippen molar-refractivity contribution in [2.45, 2.75) is 32.9 Å². The number of aliphatic hydroxyl groups is 1. The predicted molar refractivity (Wildman–Crippen MR) is 75.7 cm³/mol. The summed E-state index contributed by atoms with van der Waals surface area (Å²) in [6.07, 6.45) is 0. The van der Waals surface area contributed by atoms with E-state index in [0.717, 1.165) is 5.75 Å². The van der Waals surface area contributed by atoms with Gasteiger partial charge in [0, 0.05) is 18.2 Å². The second-order valence-corrected chi connectivity index (χ2v) is 4.82. The van der Waals surface area contributed by atoms with E-state index in [4.69, 9.17) is 9.84 Å². The Morgan fingerprint density at radius 3 is 2.26 bits per heavy atom. The summed E-state index contributed by atoms with van der Waals surface area (Å²) in [5.41, 5.74) is 0.664. The topological polar surface area (TPSA) is 49.8 Å². The molecule has 0 fully saturated rings. The fourth-order valence-corrected chi connectivity index (χ4v) is 2.16. The van der Waals surface area contributed by atoms with E-state index in [1.54, 1.807) is 31.4 Å². The maximum absolute atomic E-state index is 12.4. The van der Waals surface area contributed by atoms with E-state index < -0.39 is 0 Å². The quantitative estimate of drug-likeness (QED) is 0.766. The molecule has 106 valence electrons. The van der Waals surface area contributed by atoms with Crippen LogP contribution in [0.2, 0.25) is 0 Å². The third-order valence-corrected chi connectivity index (χ3v) is 3.27. The van der Waals surface area contributed by atoms with Crippen LogP contribution in [-0.2, 0) is 0 Å². The van der Waals surface area contributed by atoms with Crippen LogP contribution in [-0.4, -0.2) is 48.1 Å². The number of carbonyl (C=O) groups is 1. The summed E-state index contributed by atoms with van der Waals surface area (Å²) in [5, 5.41) is 9.09. The van der Waals surface area contributed by atoms with Gasteiger partial charge in [-0.1, -0.05) is 0 Å². The summed E-state index contributed by atoms with van der Waals surface area (Å²) < 4.78 is 5.08. The Labute approximate surface area is 115 Å². The van der Waals surface area contributed by atoms with Crippen LogP contribution in [0.25, 0.3) is 0 Å². The van der Waals surface area contributed by atoms with Crippen LogP contribution in [0.15, 0.2) is 24.3 Å². The minimum Gasteiger partial charge on any atom is -0.497 e. The Morgan fingerprint density at radius 1 is 1.26 bits per heavy atom. The van der Waals surface area contributed by atoms with E-state index >= 15 is 0 Å². The van der Waals surface area contributed by atoms with Crippen LogP contribution in [0.4, 0.5) is 0 Å². The average molecular weight is 265 g/mol. The monoisotopic (exact) mass is 265 g/mol. The lowest BCUT2D eigenvalue weighted by molar-refractivity contribution is 0.0743. The van der Waals surface area contributed by atoms with Crippen LogP contribution < -0.4 is 4.74 Å². The molecule has 4 nitrogen and oxygen atoms in total. The molecule has 0 bridgehead atoms. The average Bonchev–Trinajstić information content (AvgIpc) is 2.43. The highest BCUT2D eigenvalue weighted by Gasteiger charge is 2.24. The van der Waals surface area contributed by atoms with Crippen molar-refractivity contribution in [3.05, 3.63) is 29.8 Å². The number of hydrogen-bond acceptors (Lipinski definition) is 4. The zero-order valence-corrected chi connectivity index (χ0v) is 12.1. The molecular formula is C15H23NO3. The summed E-state index contributed by atoms with van der Waals surface area (Å²) >= 11 is 0. The first-order chi connectivity index (χ1) is 9.01. The maximum atomic E-state index is 12.4. The summed E-state index contributed by atoms with van der Waals surface area (Å²) in [7, 11) is 1.60. The van der Waals surface area contributed by atoms with Crippen LogP contribution >= 0.6 is 0 Å². The number of carbonyl (C=O) groups excluding carboxylic acids is 1. The molecule has 1 atom stereocenters. The Morgan fingerprint density at radius 2 is 1.84 bits per heavy atom. The van der Waals surface area contributed by atoms with Gasteiger partial charge in [-0.25, -0.2) is 0 Å². The summed E-state index contributed by atoms with van der Waals surface area (Å²) in [6.45, 7) is 6.47. The molecule has 0 aliphatic heterocycles. The molecule has 0 saturated carbocycles. The number of ketones is 1. The van der Waals surface area contributed by atoms with Gasteiger partial charge in [0.25, 0.3) is 0 Å². The predicted octanol–water partition coefficient (Wildman–Crippen LogP) is 1.97. The largest absolute Gasteiger partial charge is 0.497 e. The van der Waals surface area contributed by atoms with Crippen LogP contribution in [0.1, 0.15) is 31.1 Å². The molecule has 0 saturated heterocycles. The number of aliphatic hydroxyl groups excluding tert-OH is 1. The molecule has 1 rings (SSSR count). The number of ether oxygens (including phenoxy) is 1. The SMILES string of the molecule is COc1ccc(C(=O)C(C)N(CCO)C(C)C)cc1. The lowest BCUT2D eigenvalue weighted by atomic mass is 10.0. The summed E-state index contributed by atoms with van der Waals surface area (Å²) in [6, 6.07) is 7.08. The van der Waals surface area contributed by atoms with Gasteiger partial charge in [0.05, 0.1) is 19.8 Å². The van der Waals surface area contributed by atoms with Crippen molar-refractivity contribution >= 4 is 5.78 Å². The lowest BCUT2D eigenvalue weighted by Crippen LogP contribution is -2.44. The minimum atomic E-state index is -0.249. The molecule has 0 spiro atoms. The fourth-order valence-electron chi connectivity index (χ4n) is 2.16. The van der Waals surface area contributed by atoms with E-state index in [-0.39, 0.29) is 24.5 Å². The molecule has 0 heterocycles. The van der Waals surface area contributed by atoms with Crippen molar-refractivity contribution < 1.29 is 14.6 Å². The Hall–Kier alpha value is -1.39. The molecule has 4 heteroatoms. The first-order valence-electron chi connectivity index (χ1n) is 6.56.